The quantitative estimate of drug-likeness (QED) is 0.536. The highest BCUT2D eigenvalue weighted by Crippen LogP contribution is 2.31. The topological polar surface area (TPSA) is 26.3 Å². The lowest BCUT2D eigenvalue weighted by Gasteiger charge is -2.27. The van der Waals surface area contributed by atoms with E-state index in [9.17, 15) is 4.79 Å². The van der Waals surface area contributed by atoms with Crippen LogP contribution in [0.3, 0.4) is 0 Å². The highest BCUT2D eigenvalue weighted by atomic mass is 16.5. The van der Waals surface area contributed by atoms with E-state index in [1.165, 1.54) is 5.39 Å². The van der Waals surface area contributed by atoms with Crippen molar-refractivity contribution < 1.29 is 9.53 Å². The SMILES string of the molecule is C/C=C/C(C(=O)OC(C)c1ccc2ccccc2c1)C(C)(C)C. The number of carbonyl (C=O) groups excluding carboxylic acids is 1. The van der Waals surface area contributed by atoms with Gasteiger partial charge >= 0.3 is 5.97 Å². The van der Waals surface area contributed by atoms with Crippen molar-refractivity contribution in [1.82, 2.24) is 0 Å². The lowest BCUT2D eigenvalue weighted by atomic mass is 9.80. The molecule has 2 nitrogen and oxygen atoms in total. The molecule has 2 aromatic rings. The summed E-state index contributed by atoms with van der Waals surface area (Å²) in [6.45, 7) is 10.0. The summed E-state index contributed by atoms with van der Waals surface area (Å²) in [7, 11) is 0. The molecular weight excluding hydrogens is 284 g/mol. The Morgan fingerprint density at radius 1 is 1.09 bits per heavy atom. The van der Waals surface area contributed by atoms with Crippen LogP contribution in [0.4, 0.5) is 0 Å². The Kier molecular flexibility index (Phi) is 5.25. The van der Waals surface area contributed by atoms with E-state index in [2.05, 4.69) is 45.0 Å². The normalized spacial score (nSPS) is 14.8. The molecule has 0 heterocycles. The van der Waals surface area contributed by atoms with Crippen LogP contribution < -0.4 is 0 Å². The molecule has 23 heavy (non-hydrogen) atoms. The molecule has 2 rings (SSSR count). The van der Waals surface area contributed by atoms with Crippen LogP contribution in [0.2, 0.25) is 0 Å². The third-order valence-corrected chi connectivity index (χ3v) is 4.11. The fourth-order valence-electron chi connectivity index (χ4n) is 2.69. The number of allylic oxidation sites excluding steroid dienone is 1. The summed E-state index contributed by atoms with van der Waals surface area (Å²) in [5.74, 6) is -0.410. The van der Waals surface area contributed by atoms with Crippen LogP contribution in [-0.2, 0) is 9.53 Å². The largest absolute Gasteiger partial charge is 0.457 e. The first-order valence-corrected chi connectivity index (χ1v) is 8.15. The zero-order valence-electron chi connectivity index (χ0n) is 14.7. The van der Waals surface area contributed by atoms with Crippen LogP contribution in [0.1, 0.15) is 46.3 Å². The zero-order valence-corrected chi connectivity index (χ0v) is 14.7. The first-order valence-electron chi connectivity index (χ1n) is 8.15. The Bertz CT molecular complexity index is 707. The Morgan fingerprint density at radius 2 is 1.74 bits per heavy atom. The summed E-state index contributed by atoms with van der Waals surface area (Å²) >= 11 is 0. The standard InChI is InChI=1S/C21H26O2/c1-6-9-19(21(3,4)5)20(22)23-15(2)17-13-12-16-10-7-8-11-18(16)14-17/h6-15,19H,1-5H3/b9-6+. The minimum atomic E-state index is -0.262. The molecule has 0 bridgehead atoms. The van der Waals surface area contributed by atoms with Crippen molar-refractivity contribution in [3.63, 3.8) is 0 Å². The third kappa shape index (κ3) is 4.22. The number of hydrogen-bond donors (Lipinski definition) is 0. The lowest BCUT2D eigenvalue weighted by Crippen LogP contribution is -2.29. The number of benzene rings is 2. The summed E-state index contributed by atoms with van der Waals surface area (Å²) in [5, 5.41) is 2.35. The van der Waals surface area contributed by atoms with Gasteiger partial charge in [0.1, 0.15) is 6.10 Å². The number of fused-ring (bicyclic) bond motifs is 1. The molecular formula is C21H26O2. The highest BCUT2D eigenvalue weighted by Gasteiger charge is 2.31. The maximum atomic E-state index is 12.6. The molecule has 0 amide bonds. The van der Waals surface area contributed by atoms with Gasteiger partial charge in [-0.3, -0.25) is 4.79 Å². The first-order chi connectivity index (χ1) is 10.8. The van der Waals surface area contributed by atoms with Gasteiger partial charge in [-0.1, -0.05) is 69.3 Å². The lowest BCUT2D eigenvalue weighted by molar-refractivity contribution is -0.155. The first kappa shape index (κ1) is 17.3. The molecule has 2 aromatic carbocycles. The Hall–Kier alpha value is -2.09. The Balaban J connectivity index is 2.19. The van der Waals surface area contributed by atoms with Gasteiger partial charge in [-0.05, 0) is 41.7 Å². The van der Waals surface area contributed by atoms with Crippen molar-refractivity contribution in [2.75, 3.05) is 0 Å². The molecule has 2 unspecified atom stereocenters. The van der Waals surface area contributed by atoms with E-state index in [1.807, 2.05) is 44.2 Å². The van der Waals surface area contributed by atoms with Crippen molar-refractivity contribution in [3.8, 4) is 0 Å². The van der Waals surface area contributed by atoms with Crippen LogP contribution in [0.25, 0.3) is 10.8 Å². The maximum Gasteiger partial charge on any atom is 0.313 e. The van der Waals surface area contributed by atoms with E-state index in [0.717, 1.165) is 10.9 Å². The van der Waals surface area contributed by atoms with E-state index in [-0.39, 0.29) is 23.4 Å². The molecule has 0 spiro atoms. The number of esters is 1. The van der Waals surface area contributed by atoms with Gasteiger partial charge in [0.05, 0.1) is 5.92 Å². The number of hydrogen-bond acceptors (Lipinski definition) is 2. The van der Waals surface area contributed by atoms with E-state index in [1.54, 1.807) is 0 Å². The Labute approximate surface area is 139 Å². The molecule has 122 valence electrons. The molecule has 2 heteroatoms. The number of ether oxygens (including phenoxy) is 1. The van der Waals surface area contributed by atoms with Crippen LogP contribution in [0.5, 0.6) is 0 Å². The van der Waals surface area contributed by atoms with E-state index in [0.29, 0.717) is 0 Å². The van der Waals surface area contributed by atoms with Gasteiger partial charge in [0.2, 0.25) is 0 Å². The molecule has 0 saturated carbocycles. The Morgan fingerprint density at radius 3 is 2.35 bits per heavy atom. The summed E-state index contributed by atoms with van der Waals surface area (Å²) in [6.07, 6.45) is 3.58. The third-order valence-electron chi connectivity index (χ3n) is 4.11. The van der Waals surface area contributed by atoms with Crippen molar-refractivity contribution in [2.45, 2.75) is 40.7 Å². The van der Waals surface area contributed by atoms with Gasteiger partial charge in [-0.2, -0.15) is 0 Å². The molecule has 0 N–H and O–H groups in total. The summed E-state index contributed by atoms with van der Waals surface area (Å²) < 4.78 is 5.74. The summed E-state index contributed by atoms with van der Waals surface area (Å²) in [4.78, 5) is 12.6. The summed E-state index contributed by atoms with van der Waals surface area (Å²) in [6, 6.07) is 14.4. The minimum Gasteiger partial charge on any atom is -0.457 e. The second kappa shape index (κ2) is 6.99. The van der Waals surface area contributed by atoms with Crippen LogP contribution in [0.15, 0.2) is 54.6 Å². The molecule has 0 aliphatic heterocycles. The van der Waals surface area contributed by atoms with E-state index in [4.69, 9.17) is 4.74 Å². The number of carbonyl (C=O) groups is 1. The molecule has 0 aliphatic rings. The van der Waals surface area contributed by atoms with Crippen molar-refractivity contribution >= 4 is 16.7 Å². The van der Waals surface area contributed by atoms with Crippen LogP contribution in [-0.4, -0.2) is 5.97 Å². The molecule has 0 saturated heterocycles. The van der Waals surface area contributed by atoms with Gasteiger partial charge in [0.15, 0.2) is 0 Å². The van der Waals surface area contributed by atoms with E-state index < -0.39 is 0 Å². The maximum absolute atomic E-state index is 12.6. The van der Waals surface area contributed by atoms with Gasteiger partial charge in [-0.25, -0.2) is 0 Å². The summed E-state index contributed by atoms with van der Waals surface area (Å²) in [5.41, 5.74) is 0.859. The zero-order chi connectivity index (χ0) is 17.0. The molecule has 0 aliphatic carbocycles. The van der Waals surface area contributed by atoms with Crippen molar-refractivity contribution in [3.05, 3.63) is 60.2 Å². The number of rotatable bonds is 4. The molecule has 2 atom stereocenters. The smallest absolute Gasteiger partial charge is 0.313 e. The molecule has 0 aromatic heterocycles. The van der Waals surface area contributed by atoms with Crippen molar-refractivity contribution in [1.29, 1.82) is 0 Å². The van der Waals surface area contributed by atoms with Gasteiger partial charge in [0, 0.05) is 0 Å². The fourth-order valence-corrected chi connectivity index (χ4v) is 2.69. The fraction of sp³-hybridized carbons (Fsp3) is 0.381. The van der Waals surface area contributed by atoms with Gasteiger partial charge in [0.25, 0.3) is 0 Å². The molecule has 0 radical (unpaired) electrons. The van der Waals surface area contributed by atoms with Crippen LogP contribution >= 0.6 is 0 Å². The van der Waals surface area contributed by atoms with Gasteiger partial charge in [-0.15, -0.1) is 0 Å². The predicted molar refractivity (Wildman–Crippen MR) is 96.2 cm³/mol. The monoisotopic (exact) mass is 310 g/mol. The van der Waals surface area contributed by atoms with Crippen molar-refractivity contribution in [2.24, 2.45) is 11.3 Å². The average Bonchev–Trinajstić information content (AvgIpc) is 2.50. The second-order valence-corrected chi connectivity index (χ2v) is 7.06. The van der Waals surface area contributed by atoms with Gasteiger partial charge < -0.3 is 4.74 Å². The molecule has 0 fully saturated rings. The average molecular weight is 310 g/mol. The van der Waals surface area contributed by atoms with E-state index >= 15 is 0 Å². The predicted octanol–water partition coefficient (Wildman–Crippen LogP) is 5.68. The highest BCUT2D eigenvalue weighted by molar-refractivity contribution is 5.83. The van der Waals surface area contributed by atoms with Crippen LogP contribution in [0, 0.1) is 11.3 Å². The second-order valence-electron chi connectivity index (χ2n) is 7.06. The minimum absolute atomic E-state index is 0.160.